The minimum atomic E-state index is -0.0680. The van der Waals surface area contributed by atoms with Crippen molar-refractivity contribution in [2.24, 2.45) is 0 Å². The highest BCUT2D eigenvalue weighted by atomic mass is 127. The number of unbranched alkanes of at least 4 members (excludes halogenated alkanes) is 1. The van der Waals surface area contributed by atoms with Gasteiger partial charge >= 0.3 is 0 Å². The first-order valence-electron chi connectivity index (χ1n) is 5.01. The van der Waals surface area contributed by atoms with Gasteiger partial charge in [0.25, 0.3) is 5.91 Å². The zero-order valence-corrected chi connectivity index (χ0v) is 11.0. The Morgan fingerprint density at radius 1 is 1.53 bits per heavy atom. The molecule has 0 spiro atoms. The average Bonchev–Trinajstić information content (AvgIpc) is 2.25. The third-order valence-corrected chi connectivity index (χ3v) is 2.83. The molecule has 0 aliphatic carbocycles. The lowest BCUT2D eigenvalue weighted by Crippen LogP contribution is -2.26. The van der Waals surface area contributed by atoms with Crippen molar-refractivity contribution in [3.63, 3.8) is 0 Å². The first kappa shape index (κ1) is 12.4. The van der Waals surface area contributed by atoms with Crippen LogP contribution in [-0.4, -0.2) is 21.9 Å². The standard InChI is InChI=1S/C11H15IN2O/c1-9-5-4-8-13-10(9)11(15)14-7-3-2-6-12/h4-5,8H,2-3,6-7H2,1H3,(H,14,15). The minimum absolute atomic E-state index is 0.0680. The number of aromatic nitrogens is 1. The van der Waals surface area contributed by atoms with E-state index < -0.39 is 0 Å². The van der Waals surface area contributed by atoms with Crippen LogP contribution in [0.15, 0.2) is 18.3 Å². The lowest BCUT2D eigenvalue weighted by molar-refractivity contribution is 0.0947. The summed E-state index contributed by atoms with van der Waals surface area (Å²) < 4.78 is 1.14. The maximum absolute atomic E-state index is 11.7. The number of nitrogens with one attached hydrogen (secondary N) is 1. The van der Waals surface area contributed by atoms with E-state index in [1.165, 1.54) is 0 Å². The van der Waals surface area contributed by atoms with Gasteiger partial charge in [0.1, 0.15) is 5.69 Å². The maximum Gasteiger partial charge on any atom is 0.270 e. The largest absolute Gasteiger partial charge is 0.351 e. The van der Waals surface area contributed by atoms with E-state index in [-0.39, 0.29) is 5.91 Å². The molecule has 0 atom stereocenters. The Bertz CT molecular complexity index is 328. The average molecular weight is 318 g/mol. The summed E-state index contributed by atoms with van der Waals surface area (Å²) in [6.07, 6.45) is 3.81. The number of carbonyl (C=O) groups is 1. The van der Waals surface area contributed by atoms with Gasteiger partial charge in [0.05, 0.1) is 0 Å². The van der Waals surface area contributed by atoms with Crippen LogP contribution >= 0.6 is 22.6 Å². The van der Waals surface area contributed by atoms with Crippen molar-refractivity contribution in [1.82, 2.24) is 10.3 Å². The van der Waals surface area contributed by atoms with Crippen molar-refractivity contribution in [2.75, 3.05) is 11.0 Å². The third-order valence-electron chi connectivity index (χ3n) is 2.07. The second-order valence-corrected chi connectivity index (χ2v) is 4.40. The molecule has 3 nitrogen and oxygen atoms in total. The van der Waals surface area contributed by atoms with Crippen molar-refractivity contribution >= 4 is 28.5 Å². The van der Waals surface area contributed by atoms with Crippen molar-refractivity contribution in [2.45, 2.75) is 19.8 Å². The number of alkyl halides is 1. The number of aryl methyl sites for hydroxylation is 1. The van der Waals surface area contributed by atoms with Gasteiger partial charge in [-0.2, -0.15) is 0 Å². The molecule has 1 N–H and O–H groups in total. The van der Waals surface area contributed by atoms with Gasteiger partial charge in [-0.3, -0.25) is 9.78 Å². The van der Waals surface area contributed by atoms with Crippen LogP contribution < -0.4 is 5.32 Å². The summed E-state index contributed by atoms with van der Waals surface area (Å²) in [6, 6.07) is 3.73. The summed E-state index contributed by atoms with van der Waals surface area (Å²) in [6.45, 7) is 2.63. The molecule has 1 aromatic heterocycles. The molecular weight excluding hydrogens is 303 g/mol. The summed E-state index contributed by atoms with van der Waals surface area (Å²) in [4.78, 5) is 15.7. The minimum Gasteiger partial charge on any atom is -0.351 e. The quantitative estimate of drug-likeness (QED) is 0.514. The van der Waals surface area contributed by atoms with Crippen LogP contribution in [0.25, 0.3) is 0 Å². The molecule has 0 aromatic carbocycles. The van der Waals surface area contributed by atoms with E-state index >= 15 is 0 Å². The number of amides is 1. The summed E-state index contributed by atoms with van der Waals surface area (Å²) >= 11 is 2.34. The van der Waals surface area contributed by atoms with Crippen molar-refractivity contribution < 1.29 is 4.79 Å². The van der Waals surface area contributed by atoms with E-state index in [2.05, 4.69) is 32.9 Å². The van der Waals surface area contributed by atoms with Crippen LogP contribution in [0.1, 0.15) is 28.9 Å². The Balaban J connectivity index is 2.44. The Kier molecular flexibility index (Phi) is 5.60. The van der Waals surface area contributed by atoms with Crippen LogP contribution in [0.2, 0.25) is 0 Å². The zero-order valence-electron chi connectivity index (χ0n) is 8.79. The van der Waals surface area contributed by atoms with Gasteiger partial charge in [-0.25, -0.2) is 0 Å². The van der Waals surface area contributed by atoms with Gasteiger partial charge in [0, 0.05) is 12.7 Å². The summed E-state index contributed by atoms with van der Waals surface area (Å²) in [5.74, 6) is -0.0680. The van der Waals surface area contributed by atoms with E-state index in [9.17, 15) is 4.79 Å². The fraction of sp³-hybridized carbons (Fsp3) is 0.455. The lowest BCUT2D eigenvalue weighted by atomic mass is 10.2. The number of nitrogens with zero attached hydrogens (tertiary/aromatic N) is 1. The van der Waals surface area contributed by atoms with Crippen LogP contribution in [0.3, 0.4) is 0 Å². The highest BCUT2D eigenvalue weighted by Crippen LogP contribution is 2.02. The van der Waals surface area contributed by atoms with E-state index in [4.69, 9.17) is 0 Å². The van der Waals surface area contributed by atoms with Crippen molar-refractivity contribution in [1.29, 1.82) is 0 Å². The molecule has 15 heavy (non-hydrogen) atoms. The smallest absolute Gasteiger partial charge is 0.270 e. The molecule has 4 heteroatoms. The molecule has 0 fully saturated rings. The monoisotopic (exact) mass is 318 g/mol. The molecule has 0 aliphatic heterocycles. The summed E-state index contributed by atoms with van der Waals surface area (Å²) in [5, 5.41) is 2.87. The van der Waals surface area contributed by atoms with Gasteiger partial charge in [0.2, 0.25) is 0 Å². The molecule has 0 saturated heterocycles. The van der Waals surface area contributed by atoms with Crippen molar-refractivity contribution in [3.8, 4) is 0 Å². The SMILES string of the molecule is Cc1cccnc1C(=O)NCCCCI. The molecule has 1 rings (SSSR count). The number of hydrogen-bond acceptors (Lipinski definition) is 2. The van der Waals surface area contributed by atoms with E-state index in [1.54, 1.807) is 6.20 Å². The molecule has 0 aliphatic rings. The Labute approximate surface area is 104 Å². The number of carbonyl (C=O) groups excluding carboxylic acids is 1. The number of halogens is 1. The zero-order chi connectivity index (χ0) is 11.1. The molecule has 0 radical (unpaired) electrons. The molecular formula is C11H15IN2O. The van der Waals surface area contributed by atoms with Crippen LogP contribution in [0.5, 0.6) is 0 Å². The van der Waals surface area contributed by atoms with Gasteiger partial charge in [-0.15, -0.1) is 0 Å². The fourth-order valence-corrected chi connectivity index (χ4v) is 1.77. The third kappa shape index (κ3) is 4.15. The number of rotatable bonds is 5. The molecule has 1 amide bonds. The Hall–Kier alpha value is -0.650. The van der Waals surface area contributed by atoms with Gasteiger partial charge in [0.15, 0.2) is 0 Å². The highest BCUT2D eigenvalue weighted by Gasteiger charge is 2.08. The summed E-state index contributed by atoms with van der Waals surface area (Å²) in [7, 11) is 0. The molecule has 0 saturated carbocycles. The predicted molar refractivity (Wildman–Crippen MR) is 69.4 cm³/mol. The lowest BCUT2D eigenvalue weighted by Gasteiger charge is -2.05. The van der Waals surface area contributed by atoms with Crippen LogP contribution in [0.4, 0.5) is 0 Å². The number of hydrogen-bond donors (Lipinski definition) is 1. The Morgan fingerprint density at radius 3 is 3.00 bits per heavy atom. The topological polar surface area (TPSA) is 42.0 Å². The highest BCUT2D eigenvalue weighted by molar-refractivity contribution is 14.1. The molecule has 0 unspecified atom stereocenters. The van der Waals surface area contributed by atoms with Gasteiger partial charge < -0.3 is 5.32 Å². The maximum atomic E-state index is 11.7. The first-order valence-corrected chi connectivity index (χ1v) is 6.54. The summed E-state index contributed by atoms with van der Waals surface area (Å²) in [5.41, 5.74) is 1.45. The van der Waals surface area contributed by atoms with E-state index in [0.29, 0.717) is 5.69 Å². The van der Waals surface area contributed by atoms with Gasteiger partial charge in [-0.05, 0) is 35.8 Å². The molecule has 82 valence electrons. The molecule has 1 aromatic rings. The van der Waals surface area contributed by atoms with Gasteiger partial charge in [-0.1, -0.05) is 28.7 Å². The normalized spacial score (nSPS) is 10.0. The van der Waals surface area contributed by atoms with Crippen molar-refractivity contribution in [3.05, 3.63) is 29.6 Å². The van der Waals surface area contributed by atoms with E-state index in [1.807, 2.05) is 19.1 Å². The fourth-order valence-electron chi connectivity index (χ4n) is 1.23. The molecule has 1 heterocycles. The van der Waals surface area contributed by atoms with Crippen LogP contribution in [0, 0.1) is 6.92 Å². The second-order valence-electron chi connectivity index (χ2n) is 3.32. The van der Waals surface area contributed by atoms with Crippen LogP contribution in [-0.2, 0) is 0 Å². The first-order chi connectivity index (χ1) is 7.25. The predicted octanol–water partition coefficient (Wildman–Crippen LogP) is 2.34. The van der Waals surface area contributed by atoms with E-state index in [0.717, 1.165) is 29.4 Å². The Morgan fingerprint density at radius 2 is 2.33 bits per heavy atom. The molecule has 0 bridgehead atoms. The second kappa shape index (κ2) is 6.76. The number of pyridine rings is 1.